The molecule has 0 N–H and O–H groups in total. The second kappa shape index (κ2) is 10.9. The molecule has 2 heterocycles. The summed E-state index contributed by atoms with van der Waals surface area (Å²) < 4.78 is 16.5. The number of ether oxygens (including phenoxy) is 3. The number of rotatable bonds is 8. The molecule has 0 unspecified atom stereocenters. The fraction of sp³-hybridized carbons (Fsp3) is 0.696. The molecule has 3 rings (SSSR count). The average Bonchev–Trinajstić information content (AvgIpc) is 2.79. The minimum atomic E-state index is 0.302. The van der Waals surface area contributed by atoms with E-state index in [1.165, 1.54) is 6.42 Å². The minimum absolute atomic E-state index is 0.302. The van der Waals surface area contributed by atoms with E-state index in [9.17, 15) is 4.79 Å². The fourth-order valence-corrected chi connectivity index (χ4v) is 4.67. The van der Waals surface area contributed by atoms with Crippen molar-refractivity contribution >= 4 is 5.91 Å². The number of carbonyl (C=O) groups is 1. The van der Waals surface area contributed by atoms with Gasteiger partial charge in [0.25, 0.3) is 0 Å². The number of benzene rings is 1. The molecule has 2 aliphatic rings. The van der Waals surface area contributed by atoms with Gasteiger partial charge in [-0.2, -0.15) is 0 Å². The van der Waals surface area contributed by atoms with Crippen LogP contribution in [0.1, 0.15) is 38.2 Å². The van der Waals surface area contributed by atoms with E-state index in [1.54, 1.807) is 21.3 Å². The van der Waals surface area contributed by atoms with E-state index in [2.05, 4.69) is 21.6 Å². The monoisotopic (exact) mass is 419 g/mol. The first-order valence-electron chi connectivity index (χ1n) is 11.1. The van der Waals surface area contributed by atoms with E-state index in [4.69, 9.17) is 14.2 Å². The van der Waals surface area contributed by atoms with Gasteiger partial charge in [0.1, 0.15) is 0 Å². The van der Waals surface area contributed by atoms with Crippen LogP contribution in [0.5, 0.6) is 17.2 Å². The quantitative estimate of drug-likeness (QED) is 0.646. The van der Waals surface area contributed by atoms with Crippen molar-refractivity contribution in [3.05, 3.63) is 17.7 Å². The second-order valence-corrected chi connectivity index (χ2v) is 8.19. The van der Waals surface area contributed by atoms with Gasteiger partial charge < -0.3 is 19.1 Å². The standard InChI is InChI=1S/C23H37N3O4/c1-5-19-8-6-7-11-26(19)21(27)17-25-14-12-24(13-15-25)16-18-9-10-20(28-2)23(30-4)22(18)29-3/h9-10,19H,5-8,11-17H2,1-4H3/t19-/m0/s1. The number of likely N-dealkylation sites (tertiary alicyclic amines) is 1. The van der Waals surface area contributed by atoms with Crippen molar-refractivity contribution in [1.82, 2.24) is 14.7 Å². The Morgan fingerprint density at radius 2 is 1.63 bits per heavy atom. The molecule has 2 saturated heterocycles. The average molecular weight is 420 g/mol. The number of amides is 1. The summed E-state index contributed by atoms with van der Waals surface area (Å²) in [5, 5.41) is 0. The van der Waals surface area contributed by atoms with Crippen LogP contribution in [0.25, 0.3) is 0 Å². The zero-order valence-corrected chi connectivity index (χ0v) is 19.0. The molecule has 168 valence electrons. The molecule has 2 fully saturated rings. The lowest BCUT2D eigenvalue weighted by Crippen LogP contribution is -2.52. The van der Waals surface area contributed by atoms with Crippen molar-refractivity contribution in [2.75, 3.05) is 60.6 Å². The Kier molecular flexibility index (Phi) is 8.22. The normalized spacial score (nSPS) is 20.8. The number of methoxy groups -OCH3 is 3. The maximum atomic E-state index is 12.9. The molecule has 2 aliphatic heterocycles. The maximum absolute atomic E-state index is 12.9. The molecule has 0 bridgehead atoms. The molecule has 1 aromatic carbocycles. The van der Waals surface area contributed by atoms with Gasteiger partial charge in [-0.05, 0) is 31.7 Å². The Bertz CT molecular complexity index is 704. The number of carbonyl (C=O) groups excluding carboxylic acids is 1. The number of nitrogens with zero attached hydrogens (tertiary/aromatic N) is 3. The van der Waals surface area contributed by atoms with Crippen molar-refractivity contribution in [2.24, 2.45) is 0 Å². The number of hydrogen-bond donors (Lipinski definition) is 0. The van der Waals surface area contributed by atoms with Crippen molar-refractivity contribution in [1.29, 1.82) is 0 Å². The van der Waals surface area contributed by atoms with Crippen LogP contribution in [0.4, 0.5) is 0 Å². The van der Waals surface area contributed by atoms with Gasteiger partial charge in [-0.3, -0.25) is 14.6 Å². The molecule has 0 saturated carbocycles. The van der Waals surface area contributed by atoms with Gasteiger partial charge in [0, 0.05) is 50.9 Å². The molecular weight excluding hydrogens is 382 g/mol. The lowest BCUT2D eigenvalue weighted by Gasteiger charge is -2.39. The highest BCUT2D eigenvalue weighted by Gasteiger charge is 2.28. The Morgan fingerprint density at radius 3 is 2.27 bits per heavy atom. The smallest absolute Gasteiger partial charge is 0.236 e. The van der Waals surface area contributed by atoms with E-state index < -0.39 is 0 Å². The van der Waals surface area contributed by atoms with Gasteiger partial charge in [0.05, 0.1) is 27.9 Å². The number of piperazine rings is 1. The van der Waals surface area contributed by atoms with Crippen LogP contribution in [0, 0.1) is 0 Å². The highest BCUT2D eigenvalue weighted by molar-refractivity contribution is 5.78. The van der Waals surface area contributed by atoms with Crippen LogP contribution >= 0.6 is 0 Å². The molecular formula is C23H37N3O4. The lowest BCUT2D eigenvalue weighted by molar-refractivity contribution is -0.136. The SMILES string of the molecule is CC[C@H]1CCCCN1C(=O)CN1CCN(Cc2ccc(OC)c(OC)c2OC)CC1. The van der Waals surface area contributed by atoms with Crippen molar-refractivity contribution in [3.8, 4) is 17.2 Å². The fourth-order valence-electron chi connectivity index (χ4n) is 4.67. The molecule has 1 atom stereocenters. The van der Waals surface area contributed by atoms with E-state index in [-0.39, 0.29) is 0 Å². The van der Waals surface area contributed by atoms with E-state index in [0.29, 0.717) is 30.0 Å². The van der Waals surface area contributed by atoms with Crippen molar-refractivity contribution in [2.45, 2.75) is 45.2 Å². The summed E-state index contributed by atoms with van der Waals surface area (Å²) in [6.45, 7) is 8.13. The van der Waals surface area contributed by atoms with Crippen LogP contribution in [0.2, 0.25) is 0 Å². The molecule has 7 heteroatoms. The number of piperidine rings is 1. The minimum Gasteiger partial charge on any atom is -0.493 e. The van der Waals surface area contributed by atoms with Gasteiger partial charge in [0.15, 0.2) is 11.5 Å². The molecule has 1 amide bonds. The van der Waals surface area contributed by atoms with Gasteiger partial charge in [-0.1, -0.05) is 13.0 Å². The molecule has 1 aromatic rings. The van der Waals surface area contributed by atoms with Gasteiger partial charge >= 0.3 is 0 Å². The summed E-state index contributed by atoms with van der Waals surface area (Å²) in [4.78, 5) is 19.7. The third-order valence-corrected chi connectivity index (χ3v) is 6.42. The Labute approximate surface area is 180 Å². The van der Waals surface area contributed by atoms with E-state index in [1.807, 2.05) is 12.1 Å². The zero-order chi connectivity index (χ0) is 21.5. The molecule has 30 heavy (non-hydrogen) atoms. The largest absolute Gasteiger partial charge is 0.493 e. The topological polar surface area (TPSA) is 54.5 Å². The third-order valence-electron chi connectivity index (χ3n) is 6.42. The van der Waals surface area contributed by atoms with Crippen LogP contribution in [0.3, 0.4) is 0 Å². The van der Waals surface area contributed by atoms with Gasteiger partial charge in [0.2, 0.25) is 11.7 Å². The summed E-state index contributed by atoms with van der Waals surface area (Å²) in [6.07, 6.45) is 4.61. The summed E-state index contributed by atoms with van der Waals surface area (Å²) in [6, 6.07) is 4.40. The zero-order valence-electron chi connectivity index (χ0n) is 19.0. The maximum Gasteiger partial charge on any atom is 0.236 e. The Hall–Kier alpha value is -1.99. The van der Waals surface area contributed by atoms with Crippen LogP contribution in [-0.2, 0) is 11.3 Å². The summed E-state index contributed by atoms with van der Waals surface area (Å²) in [7, 11) is 4.92. The van der Waals surface area contributed by atoms with Gasteiger partial charge in [-0.25, -0.2) is 0 Å². The second-order valence-electron chi connectivity index (χ2n) is 8.19. The number of hydrogen-bond acceptors (Lipinski definition) is 6. The van der Waals surface area contributed by atoms with Gasteiger partial charge in [-0.15, -0.1) is 0 Å². The lowest BCUT2D eigenvalue weighted by atomic mass is 10.00. The highest BCUT2D eigenvalue weighted by atomic mass is 16.5. The molecule has 0 aromatic heterocycles. The summed E-state index contributed by atoms with van der Waals surface area (Å²) in [5.41, 5.74) is 1.08. The molecule has 7 nitrogen and oxygen atoms in total. The Morgan fingerprint density at radius 1 is 0.933 bits per heavy atom. The summed E-state index contributed by atoms with van der Waals surface area (Å²) >= 11 is 0. The predicted molar refractivity (Wildman–Crippen MR) is 117 cm³/mol. The molecule has 0 radical (unpaired) electrons. The first-order chi connectivity index (χ1) is 14.6. The van der Waals surface area contributed by atoms with E-state index in [0.717, 1.165) is 69.8 Å². The highest BCUT2D eigenvalue weighted by Crippen LogP contribution is 2.40. The van der Waals surface area contributed by atoms with Crippen molar-refractivity contribution < 1.29 is 19.0 Å². The van der Waals surface area contributed by atoms with Crippen LogP contribution in [0.15, 0.2) is 12.1 Å². The van der Waals surface area contributed by atoms with Crippen molar-refractivity contribution in [3.63, 3.8) is 0 Å². The van der Waals surface area contributed by atoms with E-state index >= 15 is 0 Å². The Balaban J connectivity index is 1.54. The predicted octanol–water partition coefficient (Wildman–Crippen LogP) is 2.62. The summed E-state index contributed by atoms with van der Waals surface area (Å²) in [5.74, 6) is 2.33. The third kappa shape index (κ3) is 5.19. The van der Waals surface area contributed by atoms with Crippen LogP contribution in [-0.4, -0.2) is 87.2 Å². The first-order valence-corrected chi connectivity index (χ1v) is 11.1. The van der Waals surface area contributed by atoms with Crippen LogP contribution < -0.4 is 14.2 Å². The molecule has 0 aliphatic carbocycles. The first kappa shape index (κ1) is 22.7. The molecule has 0 spiro atoms.